The van der Waals surface area contributed by atoms with Crippen LogP contribution >= 0.6 is 0 Å². The van der Waals surface area contributed by atoms with Crippen LogP contribution in [0.2, 0.25) is 0 Å². The second-order valence-corrected chi connectivity index (χ2v) is 4.71. The first-order valence-corrected chi connectivity index (χ1v) is 6.34. The fourth-order valence-corrected chi connectivity index (χ4v) is 2.37. The lowest BCUT2D eigenvalue weighted by atomic mass is 10.1. The van der Waals surface area contributed by atoms with Crippen molar-refractivity contribution in [3.63, 3.8) is 0 Å². The fourth-order valence-electron chi connectivity index (χ4n) is 2.37. The number of nitrogens with zero attached hydrogens (tertiary/aromatic N) is 2. The number of hydrogen-bond acceptors (Lipinski definition) is 5. The molecule has 1 fully saturated rings. The largest absolute Gasteiger partial charge is 0.490 e. The first kappa shape index (κ1) is 13.8. The van der Waals surface area contributed by atoms with E-state index in [1.165, 1.54) is 19.2 Å². The zero-order valence-corrected chi connectivity index (χ0v) is 10.9. The normalized spacial score (nSPS) is 17.4. The van der Waals surface area contributed by atoms with Crippen LogP contribution in [0.5, 0.6) is 5.75 Å². The second kappa shape index (κ2) is 5.99. The summed E-state index contributed by atoms with van der Waals surface area (Å²) >= 11 is 0. The van der Waals surface area contributed by atoms with E-state index in [1.807, 2.05) is 0 Å². The third kappa shape index (κ3) is 3.21. The minimum absolute atomic E-state index is 0.111. The van der Waals surface area contributed by atoms with E-state index in [0.717, 1.165) is 25.9 Å². The molecule has 0 spiro atoms. The van der Waals surface area contributed by atoms with Gasteiger partial charge in [0, 0.05) is 12.6 Å². The Hall–Kier alpha value is -1.66. The molecule has 0 radical (unpaired) electrons. The highest BCUT2D eigenvalue weighted by Gasteiger charge is 2.21. The molecule has 1 atom stereocenters. The molecule has 1 aromatic rings. The second-order valence-electron chi connectivity index (χ2n) is 4.71. The van der Waals surface area contributed by atoms with Gasteiger partial charge >= 0.3 is 5.69 Å². The zero-order valence-electron chi connectivity index (χ0n) is 10.9. The van der Waals surface area contributed by atoms with Crippen LogP contribution in [-0.4, -0.2) is 41.7 Å². The summed E-state index contributed by atoms with van der Waals surface area (Å²) in [6.45, 7) is 2.48. The maximum atomic E-state index is 10.9. The van der Waals surface area contributed by atoms with E-state index in [4.69, 9.17) is 4.74 Å². The van der Waals surface area contributed by atoms with Crippen LogP contribution in [0.3, 0.4) is 0 Å². The van der Waals surface area contributed by atoms with Gasteiger partial charge in [-0.1, -0.05) is 6.07 Å². The summed E-state index contributed by atoms with van der Waals surface area (Å²) in [5.74, 6) is 0.210. The Balaban J connectivity index is 2.14. The molecule has 1 aliphatic heterocycles. The molecule has 6 heteroatoms. The minimum Gasteiger partial charge on any atom is -0.490 e. The van der Waals surface area contributed by atoms with E-state index < -0.39 is 11.0 Å². The van der Waals surface area contributed by atoms with E-state index in [2.05, 4.69) is 4.90 Å². The topological polar surface area (TPSA) is 75.8 Å². The molecule has 1 saturated heterocycles. The molecule has 1 aliphatic rings. The molecule has 0 aliphatic carbocycles. The van der Waals surface area contributed by atoms with Crippen LogP contribution < -0.4 is 4.74 Å². The smallest absolute Gasteiger partial charge is 0.311 e. The summed E-state index contributed by atoms with van der Waals surface area (Å²) in [6, 6.07) is 4.59. The number of rotatable bonds is 5. The number of benzene rings is 1. The van der Waals surface area contributed by atoms with Crippen LogP contribution in [0.25, 0.3) is 0 Å². The number of aliphatic hydroxyl groups is 1. The van der Waals surface area contributed by atoms with Gasteiger partial charge in [-0.15, -0.1) is 0 Å². The quantitative estimate of drug-likeness (QED) is 0.649. The predicted molar refractivity (Wildman–Crippen MR) is 70.3 cm³/mol. The van der Waals surface area contributed by atoms with Gasteiger partial charge in [0.05, 0.1) is 18.1 Å². The van der Waals surface area contributed by atoms with Gasteiger partial charge < -0.3 is 14.7 Å². The number of likely N-dealkylation sites (tertiary alicyclic amines) is 1. The van der Waals surface area contributed by atoms with Crippen molar-refractivity contribution in [1.29, 1.82) is 0 Å². The van der Waals surface area contributed by atoms with Crippen molar-refractivity contribution >= 4 is 5.69 Å². The van der Waals surface area contributed by atoms with Gasteiger partial charge in [-0.2, -0.15) is 0 Å². The summed E-state index contributed by atoms with van der Waals surface area (Å²) in [6.07, 6.45) is 1.59. The zero-order chi connectivity index (χ0) is 13.8. The van der Waals surface area contributed by atoms with Crippen molar-refractivity contribution in [2.45, 2.75) is 18.9 Å². The molecule has 6 nitrogen and oxygen atoms in total. The average Bonchev–Trinajstić information content (AvgIpc) is 2.90. The number of nitro groups is 1. The molecule has 1 unspecified atom stereocenters. The van der Waals surface area contributed by atoms with Gasteiger partial charge in [-0.25, -0.2) is 0 Å². The lowest BCUT2D eigenvalue weighted by Crippen LogP contribution is -2.25. The molecule has 0 aromatic heterocycles. The molecule has 0 bridgehead atoms. The molecule has 2 rings (SSSR count). The van der Waals surface area contributed by atoms with Gasteiger partial charge in [-0.3, -0.25) is 10.1 Å². The van der Waals surface area contributed by atoms with Crippen LogP contribution in [-0.2, 0) is 0 Å². The first-order chi connectivity index (χ1) is 9.11. The summed E-state index contributed by atoms with van der Waals surface area (Å²) < 4.78 is 4.94. The third-order valence-corrected chi connectivity index (χ3v) is 3.41. The molecule has 1 heterocycles. The summed E-state index contributed by atoms with van der Waals surface area (Å²) in [7, 11) is 1.39. The van der Waals surface area contributed by atoms with Gasteiger partial charge in [-0.05, 0) is 37.6 Å². The molecule has 104 valence electrons. The molecule has 0 saturated carbocycles. The SMILES string of the molecule is COc1ccc(C(O)CN2CCCC2)cc1[N+](=O)[O-]. The van der Waals surface area contributed by atoms with Crippen molar-refractivity contribution in [2.24, 2.45) is 0 Å². The van der Waals surface area contributed by atoms with E-state index >= 15 is 0 Å². The fraction of sp³-hybridized carbons (Fsp3) is 0.538. The minimum atomic E-state index is -0.706. The Kier molecular flexibility index (Phi) is 4.34. The van der Waals surface area contributed by atoms with E-state index in [1.54, 1.807) is 6.07 Å². The monoisotopic (exact) mass is 266 g/mol. The molecule has 0 amide bonds. The summed E-state index contributed by atoms with van der Waals surface area (Å²) in [5.41, 5.74) is 0.444. The molecule has 19 heavy (non-hydrogen) atoms. The van der Waals surface area contributed by atoms with E-state index in [9.17, 15) is 15.2 Å². The highest BCUT2D eigenvalue weighted by molar-refractivity contribution is 5.49. The lowest BCUT2D eigenvalue weighted by molar-refractivity contribution is -0.385. The van der Waals surface area contributed by atoms with Gasteiger partial charge in [0.2, 0.25) is 0 Å². The van der Waals surface area contributed by atoms with E-state index in [-0.39, 0.29) is 11.4 Å². The van der Waals surface area contributed by atoms with Gasteiger partial charge in [0.15, 0.2) is 5.75 Å². The number of methoxy groups -OCH3 is 1. The Morgan fingerprint density at radius 1 is 1.47 bits per heavy atom. The van der Waals surface area contributed by atoms with Crippen molar-refractivity contribution in [3.8, 4) is 5.75 Å². The summed E-state index contributed by atoms with van der Waals surface area (Å²) in [4.78, 5) is 12.6. The van der Waals surface area contributed by atoms with Crippen LogP contribution in [0, 0.1) is 10.1 Å². The number of hydrogen-bond donors (Lipinski definition) is 1. The first-order valence-electron chi connectivity index (χ1n) is 6.34. The Morgan fingerprint density at radius 2 is 2.16 bits per heavy atom. The Morgan fingerprint density at radius 3 is 2.74 bits per heavy atom. The highest BCUT2D eigenvalue weighted by atomic mass is 16.6. The predicted octanol–water partition coefficient (Wildman–Crippen LogP) is 1.73. The third-order valence-electron chi connectivity index (χ3n) is 3.41. The van der Waals surface area contributed by atoms with Crippen molar-refractivity contribution in [2.75, 3.05) is 26.7 Å². The number of ether oxygens (including phenoxy) is 1. The van der Waals surface area contributed by atoms with Crippen LogP contribution in [0.1, 0.15) is 24.5 Å². The van der Waals surface area contributed by atoms with Gasteiger partial charge in [0.25, 0.3) is 0 Å². The Labute approximate surface area is 111 Å². The molecular weight excluding hydrogens is 248 g/mol. The molecular formula is C13H18N2O4. The summed E-state index contributed by atoms with van der Waals surface area (Å²) in [5, 5.41) is 21.1. The highest BCUT2D eigenvalue weighted by Crippen LogP contribution is 2.30. The number of nitro benzene ring substituents is 1. The number of aliphatic hydroxyl groups excluding tert-OH is 1. The number of β-amino-alcohol motifs (C(OH)–C–C–N with tert-alkyl or cyclic N) is 1. The van der Waals surface area contributed by atoms with Crippen LogP contribution in [0.15, 0.2) is 18.2 Å². The van der Waals surface area contributed by atoms with Crippen molar-refractivity contribution < 1.29 is 14.8 Å². The van der Waals surface area contributed by atoms with Crippen LogP contribution in [0.4, 0.5) is 5.69 Å². The maximum Gasteiger partial charge on any atom is 0.311 e. The van der Waals surface area contributed by atoms with Crippen molar-refractivity contribution in [3.05, 3.63) is 33.9 Å². The molecule has 1 N–H and O–H groups in total. The lowest BCUT2D eigenvalue weighted by Gasteiger charge is -2.19. The van der Waals surface area contributed by atoms with Gasteiger partial charge in [0.1, 0.15) is 0 Å². The average molecular weight is 266 g/mol. The maximum absolute atomic E-state index is 10.9. The van der Waals surface area contributed by atoms with Crippen molar-refractivity contribution in [1.82, 2.24) is 4.90 Å². The van der Waals surface area contributed by atoms with E-state index in [0.29, 0.717) is 12.1 Å². The Bertz CT molecular complexity index is 458. The standard InChI is InChI=1S/C13H18N2O4/c1-19-13-5-4-10(8-11(13)15(17)18)12(16)9-14-6-2-3-7-14/h4-5,8,12,16H,2-3,6-7,9H2,1H3. The molecule has 1 aromatic carbocycles.